The summed E-state index contributed by atoms with van der Waals surface area (Å²) in [6, 6.07) is 6.83. The molecule has 0 amide bonds. The highest BCUT2D eigenvalue weighted by molar-refractivity contribution is 6.17. The maximum absolute atomic E-state index is 5.93. The fourth-order valence-corrected chi connectivity index (χ4v) is 2.90. The third-order valence-electron chi connectivity index (χ3n) is 3.72. The van der Waals surface area contributed by atoms with Crippen molar-refractivity contribution in [2.45, 2.75) is 52.5 Å². The number of nitrogens with zero attached hydrogens (tertiary/aromatic N) is 2. The summed E-state index contributed by atoms with van der Waals surface area (Å²) in [6.45, 7) is 6.70. The van der Waals surface area contributed by atoms with Gasteiger partial charge in [0.05, 0.1) is 11.0 Å². The summed E-state index contributed by atoms with van der Waals surface area (Å²) >= 11 is 5.93. The van der Waals surface area contributed by atoms with Crippen molar-refractivity contribution in [3.8, 4) is 0 Å². The van der Waals surface area contributed by atoms with Crippen molar-refractivity contribution in [1.29, 1.82) is 0 Å². The first-order valence-electron chi connectivity index (χ1n) is 7.21. The predicted octanol–water partition coefficient (Wildman–Crippen LogP) is 4.88. The quantitative estimate of drug-likeness (QED) is 0.689. The summed E-state index contributed by atoms with van der Waals surface area (Å²) in [5.74, 6) is 1.76. The molecule has 2 nitrogen and oxygen atoms in total. The maximum atomic E-state index is 5.93. The Balaban J connectivity index is 2.50. The second-order valence-electron chi connectivity index (χ2n) is 5.27. The minimum absolute atomic E-state index is 0.490. The van der Waals surface area contributed by atoms with Crippen LogP contribution in [0.15, 0.2) is 18.2 Å². The number of fused-ring (bicyclic) bond motifs is 1. The van der Waals surface area contributed by atoms with Gasteiger partial charge in [0, 0.05) is 18.3 Å². The van der Waals surface area contributed by atoms with Crippen molar-refractivity contribution in [2.75, 3.05) is 5.88 Å². The number of aryl methyl sites for hydroxylation is 2. The zero-order chi connectivity index (χ0) is 13.8. The lowest BCUT2D eigenvalue weighted by atomic mass is 10.1. The van der Waals surface area contributed by atoms with Gasteiger partial charge in [-0.15, -0.1) is 11.6 Å². The molecule has 104 valence electrons. The van der Waals surface area contributed by atoms with E-state index >= 15 is 0 Å². The van der Waals surface area contributed by atoms with Crippen molar-refractivity contribution in [2.24, 2.45) is 0 Å². The van der Waals surface area contributed by atoms with Gasteiger partial charge in [-0.1, -0.05) is 31.9 Å². The number of para-hydroxylation sites is 1. The third kappa shape index (κ3) is 2.94. The van der Waals surface area contributed by atoms with E-state index in [0.717, 1.165) is 17.8 Å². The molecule has 19 heavy (non-hydrogen) atoms. The van der Waals surface area contributed by atoms with Crippen LogP contribution in [0.3, 0.4) is 0 Å². The Kier molecular flexibility index (Phi) is 4.87. The van der Waals surface area contributed by atoms with Gasteiger partial charge in [-0.25, -0.2) is 4.98 Å². The van der Waals surface area contributed by atoms with E-state index in [-0.39, 0.29) is 0 Å². The zero-order valence-corrected chi connectivity index (χ0v) is 12.9. The highest BCUT2D eigenvalue weighted by Gasteiger charge is 2.16. The molecule has 1 unspecified atom stereocenters. The average molecular weight is 279 g/mol. The van der Waals surface area contributed by atoms with Crippen LogP contribution >= 0.6 is 11.6 Å². The van der Waals surface area contributed by atoms with E-state index in [9.17, 15) is 0 Å². The van der Waals surface area contributed by atoms with Crippen molar-refractivity contribution in [3.05, 3.63) is 29.6 Å². The van der Waals surface area contributed by atoms with Gasteiger partial charge in [0.25, 0.3) is 0 Å². The molecular weight excluding hydrogens is 256 g/mol. The molecule has 1 aromatic heterocycles. The minimum Gasteiger partial charge on any atom is -0.325 e. The summed E-state index contributed by atoms with van der Waals surface area (Å²) < 4.78 is 2.41. The van der Waals surface area contributed by atoms with Gasteiger partial charge in [0.2, 0.25) is 0 Å². The van der Waals surface area contributed by atoms with Gasteiger partial charge in [0.15, 0.2) is 0 Å². The Bertz CT molecular complexity index is 545. The first-order valence-corrected chi connectivity index (χ1v) is 7.74. The van der Waals surface area contributed by atoms with Crippen LogP contribution in [0.2, 0.25) is 0 Å². The maximum Gasteiger partial charge on any atom is 0.111 e. The highest BCUT2D eigenvalue weighted by Crippen LogP contribution is 2.27. The number of imidazole rings is 1. The molecule has 0 aliphatic heterocycles. The Labute approximate surface area is 120 Å². The molecule has 3 heteroatoms. The normalized spacial score (nSPS) is 13.1. The smallest absolute Gasteiger partial charge is 0.111 e. The van der Waals surface area contributed by atoms with E-state index in [0.29, 0.717) is 11.9 Å². The number of halogens is 1. The summed E-state index contributed by atoms with van der Waals surface area (Å²) in [6.07, 6.45) is 4.53. The molecule has 0 radical (unpaired) electrons. The minimum atomic E-state index is 0.490. The molecule has 0 spiro atoms. The van der Waals surface area contributed by atoms with Gasteiger partial charge in [-0.05, 0) is 31.9 Å². The standard InChI is InChI=1S/C16H23ClN2/c1-4-5-8-13(3)19-15(10-11-17)18-14-9-6-7-12(2)16(14)19/h6-7,9,13H,4-5,8,10-11H2,1-3H3. The van der Waals surface area contributed by atoms with E-state index in [1.165, 1.54) is 30.3 Å². The lowest BCUT2D eigenvalue weighted by Gasteiger charge is -2.18. The van der Waals surface area contributed by atoms with E-state index in [1.54, 1.807) is 0 Å². The molecule has 1 atom stereocenters. The molecule has 0 aliphatic carbocycles. The Morgan fingerprint density at radius 3 is 2.84 bits per heavy atom. The number of rotatable bonds is 6. The van der Waals surface area contributed by atoms with Crippen LogP contribution in [-0.2, 0) is 6.42 Å². The lowest BCUT2D eigenvalue weighted by Crippen LogP contribution is -2.10. The van der Waals surface area contributed by atoms with Crippen molar-refractivity contribution >= 4 is 22.6 Å². The summed E-state index contributed by atoms with van der Waals surface area (Å²) in [7, 11) is 0. The Hall–Kier alpha value is -1.02. The second kappa shape index (κ2) is 6.42. The third-order valence-corrected chi connectivity index (χ3v) is 3.91. The molecule has 0 saturated heterocycles. The molecule has 1 heterocycles. The van der Waals surface area contributed by atoms with Gasteiger partial charge in [0.1, 0.15) is 5.82 Å². The van der Waals surface area contributed by atoms with E-state index in [1.807, 2.05) is 0 Å². The first-order chi connectivity index (χ1) is 9.19. The van der Waals surface area contributed by atoms with E-state index in [2.05, 4.69) is 43.5 Å². The SMILES string of the molecule is CCCCC(C)n1c(CCCl)nc2cccc(C)c21. The molecule has 1 aromatic carbocycles. The number of benzene rings is 1. The van der Waals surface area contributed by atoms with Crippen molar-refractivity contribution < 1.29 is 0 Å². The predicted molar refractivity (Wildman–Crippen MR) is 83.1 cm³/mol. The van der Waals surface area contributed by atoms with Crippen molar-refractivity contribution in [3.63, 3.8) is 0 Å². The van der Waals surface area contributed by atoms with Crippen molar-refractivity contribution in [1.82, 2.24) is 9.55 Å². The van der Waals surface area contributed by atoms with Crippen LogP contribution in [0, 0.1) is 6.92 Å². The van der Waals surface area contributed by atoms with Gasteiger partial charge < -0.3 is 4.57 Å². The summed E-state index contributed by atoms with van der Waals surface area (Å²) in [5.41, 5.74) is 3.68. The molecule has 0 aliphatic rings. The van der Waals surface area contributed by atoms with Crippen LogP contribution in [0.4, 0.5) is 0 Å². The summed E-state index contributed by atoms with van der Waals surface area (Å²) in [4.78, 5) is 4.77. The lowest BCUT2D eigenvalue weighted by molar-refractivity contribution is 0.481. The van der Waals surface area contributed by atoms with Crippen LogP contribution in [0.5, 0.6) is 0 Å². The highest BCUT2D eigenvalue weighted by atomic mass is 35.5. The molecule has 0 saturated carbocycles. The van der Waals surface area contributed by atoms with E-state index in [4.69, 9.17) is 16.6 Å². The molecule has 0 N–H and O–H groups in total. The average Bonchev–Trinajstić information content (AvgIpc) is 2.76. The molecular formula is C16H23ClN2. The summed E-state index contributed by atoms with van der Waals surface area (Å²) in [5, 5.41) is 0. The number of unbranched alkanes of at least 4 members (excludes halogenated alkanes) is 1. The first kappa shape index (κ1) is 14.4. The number of hydrogen-bond donors (Lipinski definition) is 0. The van der Waals surface area contributed by atoms with Gasteiger partial charge in [-0.2, -0.15) is 0 Å². The largest absolute Gasteiger partial charge is 0.325 e. The fourth-order valence-electron chi connectivity index (χ4n) is 2.73. The monoisotopic (exact) mass is 278 g/mol. The van der Waals surface area contributed by atoms with E-state index < -0.39 is 0 Å². The van der Waals surface area contributed by atoms with Crippen LogP contribution in [0.25, 0.3) is 11.0 Å². The number of aromatic nitrogens is 2. The van der Waals surface area contributed by atoms with Crippen LogP contribution in [-0.4, -0.2) is 15.4 Å². The second-order valence-corrected chi connectivity index (χ2v) is 5.65. The Morgan fingerprint density at radius 1 is 1.37 bits per heavy atom. The van der Waals surface area contributed by atoms with Crippen LogP contribution in [0.1, 0.15) is 50.5 Å². The van der Waals surface area contributed by atoms with Gasteiger partial charge >= 0.3 is 0 Å². The molecule has 2 aromatic rings. The zero-order valence-electron chi connectivity index (χ0n) is 12.1. The molecule has 0 fully saturated rings. The Morgan fingerprint density at radius 2 is 2.16 bits per heavy atom. The van der Waals surface area contributed by atoms with Gasteiger partial charge in [-0.3, -0.25) is 0 Å². The molecule has 0 bridgehead atoms. The number of alkyl halides is 1. The van der Waals surface area contributed by atoms with Crippen LogP contribution < -0.4 is 0 Å². The molecule has 2 rings (SSSR count). The fraction of sp³-hybridized carbons (Fsp3) is 0.562. The topological polar surface area (TPSA) is 17.8 Å². The number of hydrogen-bond acceptors (Lipinski definition) is 1.